The Morgan fingerprint density at radius 2 is 1.81 bits per heavy atom. The average molecular weight is 441 g/mol. The zero-order valence-corrected chi connectivity index (χ0v) is 18.4. The van der Waals surface area contributed by atoms with Crippen LogP contribution in [-0.2, 0) is 16.1 Å². The van der Waals surface area contributed by atoms with Gasteiger partial charge in [0, 0.05) is 43.5 Å². The van der Waals surface area contributed by atoms with E-state index < -0.39 is 17.8 Å². The fourth-order valence-corrected chi connectivity index (χ4v) is 3.73. The zero-order chi connectivity index (χ0) is 23.1. The minimum Gasteiger partial charge on any atom is -0.352 e. The summed E-state index contributed by atoms with van der Waals surface area (Å²) in [6.07, 6.45) is 4.54. The minimum absolute atomic E-state index is 0.0222. The number of nitrogens with one attached hydrogen (secondary N) is 2. The molecule has 0 saturated carbocycles. The normalized spacial score (nSPS) is 15.3. The van der Waals surface area contributed by atoms with Crippen molar-refractivity contribution in [3.05, 3.63) is 65.7 Å². The van der Waals surface area contributed by atoms with Gasteiger partial charge in [-0.05, 0) is 54.7 Å². The van der Waals surface area contributed by atoms with Gasteiger partial charge in [0.05, 0.1) is 0 Å². The molecule has 3 rings (SSSR count). The van der Waals surface area contributed by atoms with Crippen molar-refractivity contribution in [2.24, 2.45) is 11.8 Å². The fraction of sp³-hybridized carbons (Fsp3) is 0.417. The molecule has 2 heterocycles. The predicted molar refractivity (Wildman–Crippen MR) is 118 cm³/mol. The number of nitrogens with zero attached hydrogens (tertiary/aromatic N) is 2. The monoisotopic (exact) mass is 440 g/mol. The van der Waals surface area contributed by atoms with Gasteiger partial charge in [0.2, 0.25) is 11.8 Å². The lowest BCUT2D eigenvalue weighted by atomic mass is 9.94. The first-order chi connectivity index (χ1) is 15.3. The van der Waals surface area contributed by atoms with Gasteiger partial charge < -0.3 is 15.5 Å². The van der Waals surface area contributed by atoms with E-state index in [2.05, 4.69) is 15.6 Å². The zero-order valence-electron chi connectivity index (χ0n) is 18.4. The summed E-state index contributed by atoms with van der Waals surface area (Å²) in [6.45, 7) is 5.08. The number of aromatic nitrogens is 1. The number of likely N-dealkylation sites (tertiary alicyclic amines) is 1. The van der Waals surface area contributed by atoms with Crippen LogP contribution < -0.4 is 10.6 Å². The van der Waals surface area contributed by atoms with E-state index in [-0.39, 0.29) is 23.7 Å². The molecule has 1 fully saturated rings. The number of halogens is 1. The van der Waals surface area contributed by atoms with Gasteiger partial charge in [-0.1, -0.05) is 19.9 Å². The third-order valence-electron chi connectivity index (χ3n) is 5.69. The molecule has 8 heteroatoms. The van der Waals surface area contributed by atoms with Crippen molar-refractivity contribution in [1.82, 2.24) is 20.5 Å². The SMILES string of the molecule is CC(C)C(NC(=O)c1ccc(F)cc1)C(=O)N1CCC(C(=O)NCc2cccnc2)CC1. The van der Waals surface area contributed by atoms with E-state index in [9.17, 15) is 18.8 Å². The maximum Gasteiger partial charge on any atom is 0.251 e. The van der Waals surface area contributed by atoms with Crippen LogP contribution in [0.25, 0.3) is 0 Å². The minimum atomic E-state index is -0.691. The molecule has 2 N–H and O–H groups in total. The molecule has 32 heavy (non-hydrogen) atoms. The maximum atomic E-state index is 13.1. The highest BCUT2D eigenvalue weighted by Crippen LogP contribution is 2.20. The van der Waals surface area contributed by atoms with E-state index in [0.717, 1.165) is 5.56 Å². The van der Waals surface area contributed by atoms with E-state index in [1.807, 2.05) is 26.0 Å². The highest BCUT2D eigenvalue weighted by atomic mass is 19.1. The Kier molecular flexibility index (Phi) is 7.92. The van der Waals surface area contributed by atoms with Crippen LogP contribution in [0, 0.1) is 17.7 Å². The van der Waals surface area contributed by atoms with Crippen molar-refractivity contribution in [3.63, 3.8) is 0 Å². The van der Waals surface area contributed by atoms with Gasteiger partial charge in [0.1, 0.15) is 11.9 Å². The number of carbonyl (C=O) groups excluding carboxylic acids is 3. The van der Waals surface area contributed by atoms with Crippen LogP contribution >= 0.6 is 0 Å². The Bertz CT molecular complexity index is 926. The second-order valence-electron chi connectivity index (χ2n) is 8.38. The summed E-state index contributed by atoms with van der Waals surface area (Å²) in [6, 6.07) is 8.25. The molecule has 0 bridgehead atoms. The lowest BCUT2D eigenvalue weighted by Crippen LogP contribution is -2.53. The summed E-state index contributed by atoms with van der Waals surface area (Å²) >= 11 is 0. The van der Waals surface area contributed by atoms with E-state index >= 15 is 0 Å². The molecule has 1 atom stereocenters. The molecule has 0 aliphatic carbocycles. The number of benzene rings is 1. The van der Waals surface area contributed by atoms with Gasteiger partial charge in [-0.25, -0.2) is 4.39 Å². The van der Waals surface area contributed by atoms with Crippen molar-refractivity contribution in [3.8, 4) is 0 Å². The molecule has 1 aromatic heterocycles. The van der Waals surface area contributed by atoms with Crippen molar-refractivity contribution in [2.45, 2.75) is 39.3 Å². The number of rotatable bonds is 7. The smallest absolute Gasteiger partial charge is 0.251 e. The quantitative estimate of drug-likeness (QED) is 0.692. The van der Waals surface area contributed by atoms with Crippen LogP contribution in [0.5, 0.6) is 0 Å². The van der Waals surface area contributed by atoms with E-state index in [1.54, 1.807) is 17.3 Å². The van der Waals surface area contributed by atoms with Gasteiger partial charge in [-0.15, -0.1) is 0 Å². The number of carbonyl (C=O) groups is 3. The Morgan fingerprint density at radius 1 is 1.12 bits per heavy atom. The van der Waals surface area contributed by atoms with Crippen LogP contribution in [-0.4, -0.2) is 46.7 Å². The summed E-state index contributed by atoms with van der Waals surface area (Å²) in [4.78, 5) is 43.9. The van der Waals surface area contributed by atoms with Crippen molar-refractivity contribution in [2.75, 3.05) is 13.1 Å². The summed E-state index contributed by atoms with van der Waals surface area (Å²) in [5.41, 5.74) is 1.24. The van der Waals surface area contributed by atoms with Crippen LogP contribution in [0.3, 0.4) is 0 Å². The third kappa shape index (κ3) is 6.12. The summed E-state index contributed by atoms with van der Waals surface area (Å²) < 4.78 is 13.1. The molecule has 7 nitrogen and oxygen atoms in total. The Morgan fingerprint density at radius 3 is 2.41 bits per heavy atom. The number of hydrogen-bond acceptors (Lipinski definition) is 4. The largest absolute Gasteiger partial charge is 0.352 e. The number of pyridine rings is 1. The van der Waals surface area contributed by atoms with Crippen molar-refractivity contribution >= 4 is 17.7 Å². The number of hydrogen-bond donors (Lipinski definition) is 2. The molecular formula is C24H29FN4O3. The molecule has 3 amide bonds. The predicted octanol–water partition coefficient (Wildman–Crippen LogP) is 2.53. The van der Waals surface area contributed by atoms with Crippen LogP contribution in [0.15, 0.2) is 48.8 Å². The second-order valence-corrected chi connectivity index (χ2v) is 8.38. The molecule has 1 aliphatic heterocycles. The Hall–Kier alpha value is -3.29. The molecule has 1 aliphatic rings. The summed E-state index contributed by atoms with van der Waals surface area (Å²) in [5.74, 6) is -1.29. The van der Waals surface area contributed by atoms with E-state index in [1.165, 1.54) is 24.3 Å². The molecule has 1 saturated heterocycles. The van der Waals surface area contributed by atoms with Gasteiger partial charge in [0.15, 0.2) is 0 Å². The van der Waals surface area contributed by atoms with Gasteiger partial charge >= 0.3 is 0 Å². The lowest BCUT2D eigenvalue weighted by Gasteiger charge is -2.35. The van der Waals surface area contributed by atoms with Gasteiger partial charge in [-0.2, -0.15) is 0 Å². The summed E-state index contributed by atoms with van der Waals surface area (Å²) in [7, 11) is 0. The molecule has 1 aromatic carbocycles. The molecule has 0 radical (unpaired) electrons. The number of amides is 3. The molecule has 0 spiro atoms. The first kappa shape index (κ1) is 23.4. The molecule has 2 aromatic rings. The van der Waals surface area contributed by atoms with Crippen LogP contribution in [0.1, 0.15) is 42.6 Å². The molecule has 170 valence electrons. The van der Waals surface area contributed by atoms with Crippen LogP contribution in [0.2, 0.25) is 0 Å². The van der Waals surface area contributed by atoms with Crippen molar-refractivity contribution in [1.29, 1.82) is 0 Å². The van der Waals surface area contributed by atoms with Crippen LogP contribution in [0.4, 0.5) is 4.39 Å². The first-order valence-corrected chi connectivity index (χ1v) is 10.9. The standard InChI is InChI=1S/C24H29FN4O3/c1-16(2)21(28-23(31)18-5-7-20(25)8-6-18)24(32)29-12-9-19(10-13-29)22(30)27-15-17-4-3-11-26-14-17/h3-8,11,14,16,19,21H,9-10,12-13,15H2,1-2H3,(H,27,30)(H,28,31). The Balaban J connectivity index is 1.52. The molecular weight excluding hydrogens is 411 g/mol. The fourth-order valence-electron chi connectivity index (χ4n) is 3.73. The highest BCUT2D eigenvalue weighted by Gasteiger charge is 2.33. The van der Waals surface area contributed by atoms with Crippen molar-refractivity contribution < 1.29 is 18.8 Å². The highest BCUT2D eigenvalue weighted by molar-refractivity contribution is 5.97. The molecule has 1 unspecified atom stereocenters. The van der Waals surface area contributed by atoms with E-state index in [0.29, 0.717) is 38.0 Å². The second kappa shape index (κ2) is 10.8. The lowest BCUT2D eigenvalue weighted by molar-refractivity contribution is -0.138. The van der Waals surface area contributed by atoms with Gasteiger partial charge in [0.25, 0.3) is 5.91 Å². The first-order valence-electron chi connectivity index (χ1n) is 10.9. The Labute approximate surface area is 187 Å². The summed E-state index contributed by atoms with van der Waals surface area (Å²) in [5, 5.41) is 5.72. The number of piperidine rings is 1. The topological polar surface area (TPSA) is 91.4 Å². The maximum absolute atomic E-state index is 13.1. The third-order valence-corrected chi connectivity index (χ3v) is 5.69. The average Bonchev–Trinajstić information content (AvgIpc) is 2.81. The van der Waals surface area contributed by atoms with E-state index in [4.69, 9.17) is 0 Å². The van der Waals surface area contributed by atoms with Gasteiger partial charge in [-0.3, -0.25) is 19.4 Å².